The van der Waals surface area contributed by atoms with Crippen molar-refractivity contribution in [3.8, 4) is 0 Å². The lowest BCUT2D eigenvalue weighted by Gasteiger charge is -2.26. The number of hydrogen-bond donors (Lipinski definition) is 0. The maximum Gasteiger partial charge on any atom is 0.257 e. The first-order valence-electron chi connectivity index (χ1n) is 8.32. The molecular weight excluding hydrogens is 352 g/mol. The topological polar surface area (TPSA) is 57.7 Å². The van der Waals surface area contributed by atoms with Crippen LogP contribution in [0.2, 0.25) is 5.02 Å². The van der Waals surface area contributed by atoms with Crippen LogP contribution in [0.25, 0.3) is 0 Å². The van der Waals surface area contributed by atoms with Gasteiger partial charge in [-0.2, -0.15) is 0 Å². The third-order valence-corrected chi connectivity index (χ3v) is 4.71. The summed E-state index contributed by atoms with van der Waals surface area (Å²) in [5.74, 6) is -0.952. The molecule has 0 aliphatic carbocycles. The fourth-order valence-corrected chi connectivity index (χ4v) is 3.18. The summed E-state index contributed by atoms with van der Waals surface area (Å²) >= 11 is 5.87. The van der Waals surface area contributed by atoms with E-state index in [0.29, 0.717) is 10.7 Å². The molecule has 0 N–H and O–H groups in total. The van der Waals surface area contributed by atoms with Gasteiger partial charge >= 0.3 is 0 Å². The van der Waals surface area contributed by atoms with Crippen LogP contribution in [0.1, 0.15) is 24.5 Å². The Morgan fingerprint density at radius 2 is 1.73 bits per heavy atom. The first-order chi connectivity index (χ1) is 12.4. The first kappa shape index (κ1) is 18.1. The summed E-state index contributed by atoms with van der Waals surface area (Å²) in [6.45, 7) is 3.68. The summed E-state index contributed by atoms with van der Waals surface area (Å²) < 4.78 is 0. The predicted molar refractivity (Wildman–Crippen MR) is 99.8 cm³/mol. The number of anilines is 1. The average molecular weight is 371 g/mol. The molecule has 0 spiro atoms. The monoisotopic (exact) mass is 370 g/mol. The van der Waals surface area contributed by atoms with Gasteiger partial charge in [0.25, 0.3) is 5.91 Å². The van der Waals surface area contributed by atoms with Crippen molar-refractivity contribution in [3.05, 3.63) is 64.7 Å². The van der Waals surface area contributed by atoms with Gasteiger partial charge in [-0.15, -0.1) is 0 Å². The lowest BCUT2D eigenvalue weighted by Crippen LogP contribution is -2.44. The fraction of sp³-hybridized carbons (Fsp3) is 0.250. The minimum absolute atomic E-state index is 0.0209. The van der Waals surface area contributed by atoms with Crippen LogP contribution in [0, 0.1) is 6.92 Å². The van der Waals surface area contributed by atoms with E-state index in [0.717, 1.165) is 16.0 Å². The van der Waals surface area contributed by atoms with Crippen molar-refractivity contribution in [1.29, 1.82) is 0 Å². The number of rotatable bonds is 4. The van der Waals surface area contributed by atoms with Gasteiger partial charge in [0.1, 0.15) is 6.04 Å². The number of halogens is 1. The second kappa shape index (κ2) is 7.30. The molecule has 2 aromatic carbocycles. The highest BCUT2D eigenvalue weighted by atomic mass is 35.5. The van der Waals surface area contributed by atoms with Gasteiger partial charge < -0.3 is 4.90 Å². The van der Waals surface area contributed by atoms with Crippen molar-refractivity contribution >= 4 is 35.0 Å². The SMILES string of the molecule is CC(=O)N(Cc1ccc(C)cc1)C1CC(=O)N(c2ccc(Cl)cc2)C1=O. The molecule has 0 saturated carbocycles. The maximum atomic E-state index is 12.9. The van der Waals surface area contributed by atoms with E-state index in [1.165, 1.54) is 11.8 Å². The number of imide groups is 1. The average Bonchev–Trinajstić information content (AvgIpc) is 2.89. The summed E-state index contributed by atoms with van der Waals surface area (Å²) in [5, 5.41) is 0.522. The second-order valence-electron chi connectivity index (χ2n) is 6.40. The van der Waals surface area contributed by atoms with Crippen molar-refractivity contribution < 1.29 is 14.4 Å². The number of nitrogens with zero attached hydrogens (tertiary/aromatic N) is 2. The van der Waals surface area contributed by atoms with Crippen LogP contribution in [0.5, 0.6) is 0 Å². The molecule has 26 heavy (non-hydrogen) atoms. The van der Waals surface area contributed by atoms with Crippen molar-refractivity contribution in [1.82, 2.24) is 4.90 Å². The van der Waals surface area contributed by atoms with Gasteiger partial charge in [0.05, 0.1) is 12.1 Å². The van der Waals surface area contributed by atoms with Crippen LogP contribution < -0.4 is 4.90 Å². The zero-order valence-electron chi connectivity index (χ0n) is 14.6. The molecule has 1 aliphatic rings. The van der Waals surface area contributed by atoms with Gasteiger partial charge in [0, 0.05) is 18.5 Å². The van der Waals surface area contributed by atoms with Crippen LogP contribution in [0.15, 0.2) is 48.5 Å². The van der Waals surface area contributed by atoms with E-state index in [1.807, 2.05) is 31.2 Å². The van der Waals surface area contributed by atoms with E-state index in [1.54, 1.807) is 24.3 Å². The maximum absolute atomic E-state index is 12.9. The molecule has 1 unspecified atom stereocenters. The van der Waals surface area contributed by atoms with E-state index in [4.69, 9.17) is 11.6 Å². The molecule has 3 rings (SSSR count). The molecule has 2 aromatic rings. The number of amides is 3. The molecule has 0 bridgehead atoms. The zero-order valence-corrected chi connectivity index (χ0v) is 15.4. The van der Waals surface area contributed by atoms with Gasteiger partial charge in [0.2, 0.25) is 11.8 Å². The number of benzene rings is 2. The Kier molecular flexibility index (Phi) is 5.09. The van der Waals surface area contributed by atoms with E-state index in [-0.39, 0.29) is 30.7 Å². The minimum Gasteiger partial charge on any atom is -0.326 e. The molecule has 0 aromatic heterocycles. The fourth-order valence-electron chi connectivity index (χ4n) is 3.05. The Balaban J connectivity index is 1.85. The molecular formula is C20H19ClN2O3. The van der Waals surface area contributed by atoms with Crippen LogP contribution >= 0.6 is 11.6 Å². The van der Waals surface area contributed by atoms with Gasteiger partial charge in [-0.1, -0.05) is 41.4 Å². The van der Waals surface area contributed by atoms with E-state index in [9.17, 15) is 14.4 Å². The molecule has 3 amide bonds. The van der Waals surface area contributed by atoms with Crippen molar-refractivity contribution in [2.45, 2.75) is 32.9 Å². The summed E-state index contributed by atoms with van der Waals surface area (Å²) in [5.41, 5.74) is 2.49. The quantitative estimate of drug-likeness (QED) is 0.776. The standard InChI is InChI=1S/C20H19ClN2O3/c1-13-3-5-15(6-4-13)12-22(14(2)24)18-11-19(25)23(20(18)26)17-9-7-16(21)8-10-17/h3-10,18H,11-12H2,1-2H3. The summed E-state index contributed by atoms with van der Waals surface area (Å²) in [6, 6.07) is 13.4. The van der Waals surface area contributed by atoms with Gasteiger partial charge in [-0.05, 0) is 36.8 Å². The number of carbonyl (C=O) groups excluding carboxylic acids is 3. The molecule has 134 valence electrons. The molecule has 1 heterocycles. The lowest BCUT2D eigenvalue weighted by atomic mass is 10.1. The third-order valence-electron chi connectivity index (χ3n) is 4.46. The molecule has 0 radical (unpaired) electrons. The molecule has 1 fully saturated rings. The molecule has 1 atom stereocenters. The lowest BCUT2D eigenvalue weighted by molar-refractivity contribution is -0.137. The van der Waals surface area contributed by atoms with Crippen molar-refractivity contribution in [2.75, 3.05) is 4.90 Å². The molecule has 5 nitrogen and oxygen atoms in total. The van der Waals surface area contributed by atoms with Gasteiger partial charge in [0.15, 0.2) is 0 Å². The number of hydrogen-bond acceptors (Lipinski definition) is 3. The Hall–Kier alpha value is -2.66. The Morgan fingerprint density at radius 3 is 2.31 bits per heavy atom. The number of aryl methyl sites for hydroxylation is 1. The first-order valence-corrected chi connectivity index (χ1v) is 8.69. The largest absolute Gasteiger partial charge is 0.326 e. The normalized spacial score (nSPS) is 16.9. The Bertz CT molecular complexity index is 846. The smallest absolute Gasteiger partial charge is 0.257 e. The molecule has 1 aliphatic heterocycles. The summed E-state index contributed by atoms with van der Waals surface area (Å²) in [6.07, 6.45) is -0.0209. The van der Waals surface area contributed by atoms with E-state index >= 15 is 0 Å². The van der Waals surface area contributed by atoms with Crippen LogP contribution in [0.4, 0.5) is 5.69 Å². The highest BCUT2D eigenvalue weighted by molar-refractivity contribution is 6.30. The van der Waals surface area contributed by atoms with E-state index < -0.39 is 6.04 Å². The van der Waals surface area contributed by atoms with Crippen molar-refractivity contribution in [2.24, 2.45) is 0 Å². The minimum atomic E-state index is -0.794. The van der Waals surface area contributed by atoms with Crippen LogP contribution in [-0.4, -0.2) is 28.7 Å². The third kappa shape index (κ3) is 3.63. The van der Waals surface area contributed by atoms with Gasteiger partial charge in [-0.25, -0.2) is 4.90 Å². The van der Waals surface area contributed by atoms with Crippen LogP contribution in [0.3, 0.4) is 0 Å². The molecule has 1 saturated heterocycles. The highest BCUT2D eigenvalue weighted by Crippen LogP contribution is 2.27. The van der Waals surface area contributed by atoms with Gasteiger partial charge in [-0.3, -0.25) is 14.4 Å². The summed E-state index contributed by atoms with van der Waals surface area (Å²) in [7, 11) is 0. The van der Waals surface area contributed by atoms with Crippen molar-refractivity contribution in [3.63, 3.8) is 0 Å². The second-order valence-corrected chi connectivity index (χ2v) is 6.83. The van der Waals surface area contributed by atoms with E-state index in [2.05, 4.69) is 0 Å². The zero-order chi connectivity index (χ0) is 18.8. The molecule has 6 heteroatoms. The van der Waals surface area contributed by atoms with Crippen LogP contribution in [-0.2, 0) is 20.9 Å². The Morgan fingerprint density at radius 1 is 1.12 bits per heavy atom. The Labute approximate surface area is 157 Å². The highest BCUT2D eigenvalue weighted by Gasteiger charge is 2.43. The number of carbonyl (C=O) groups is 3. The summed E-state index contributed by atoms with van der Waals surface area (Å²) in [4.78, 5) is 40.1. The predicted octanol–water partition coefficient (Wildman–Crippen LogP) is 3.33.